The number of thiophene rings is 1. The lowest BCUT2D eigenvalue weighted by molar-refractivity contribution is -0.128. The number of aliphatic hydroxyl groups excluding tert-OH is 1. The smallest absolute Gasteiger partial charge is 0.138 e. The van der Waals surface area contributed by atoms with E-state index in [0.29, 0.717) is 19.8 Å². The van der Waals surface area contributed by atoms with Gasteiger partial charge in [0, 0.05) is 11.4 Å². The zero-order chi connectivity index (χ0) is 14.3. The normalized spacial score (nSPS) is 20.0. The summed E-state index contributed by atoms with van der Waals surface area (Å²) in [5.41, 5.74) is 1.29. The van der Waals surface area contributed by atoms with E-state index in [2.05, 4.69) is 15.3 Å². The summed E-state index contributed by atoms with van der Waals surface area (Å²) in [6, 6.07) is 0. The Balaban J connectivity index is 1.66. The van der Waals surface area contributed by atoms with E-state index < -0.39 is 0 Å². The van der Waals surface area contributed by atoms with Crippen LogP contribution in [0.25, 0.3) is 10.2 Å². The highest BCUT2D eigenvalue weighted by Crippen LogP contribution is 2.38. The molecule has 3 heterocycles. The Morgan fingerprint density at radius 2 is 2.14 bits per heavy atom. The largest absolute Gasteiger partial charge is 0.396 e. The monoisotopic (exact) mass is 305 g/mol. The highest BCUT2D eigenvalue weighted by atomic mass is 32.1. The Bertz CT molecular complexity index is 661. The van der Waals surface area contributed by atoms with Crippen LogP contribution in [0.3, 0.4) is 0 Å². The lowest BCUT2D eigenvalue weighted by Crippen LogP contribution is -2.50. The van der Waals surface area contributed by atoms with Crippen LogP contribution in [-0.4, -0.2) is 41.4 Å². The summed E-state index contributed by atoms with van der Waals surface area (Å²) in [5, 5.41) is 14.2. The third-order valence-electron chi connectivity index (χ3n) is 4.53. The number of aliphatic hydroxyl groups is 1. The van der Waals surface area contributed by atoms with Gasteiger partial charge in [-0.15, -0.1) is 11.3 Å². The molecule has 0 spiro atoms. The van der Waals surface area contributed by atoms with Gasteiger partial charge in [-0.05, 0) is 31.2 Å². The van der Waals surface area contributed by atoms with Crippen molar-refractivity contribution in [1.82, 2.24) is 9.97 Å². The first-order valence-corrected chi connectivity index (χ1v) is 8.31. The summed E-state index contributed by atoms with van der Waals surface area (Å²) in [6.07, 6.45) is 6.47. The van der Waals surface area contributed by atoms with Crippen LogP contribution in [0.1, 0.15) is 23.3 Å². The van der Waals surface area contributed by atoms with Gasteiger partial charge in [0.05, 0.1) is 30.6 Å². The van der Waals surface area contributed by atoms with Crippen LogP contribution in [0.5, 0.6) is 0 Å². The molecule has 1 aliphatic heterocycles. The van der Waals surface area contributed by atoms with Crippen LogP contribution >= 0.6 is 11.3 Å². The molecule has 2 aromatic heterocycles. The van der Waals surface area contributed by atoms with Crippen molar-refractivity contribution in [3.05, 3.63) is 16.8 Å². The molecule has 1 fully saturated rings. The minimum Gasteiger partial charge on any atom is -0.396 e. The first kappa shape index (κ1) is 13.4. The molecule has 2 aromatic rings. The highest BCUT2D eigenvalue weighted by Gasteiger charge is 2.38. The summed E-state index contributed by atoms with van der Waals surface area (Å²) in [6.45, 7) is 2.08. The van der Waals surface area contributed by atoms with E-state index in [9.17, 15) is 5.11 Å². The predicted molar refractivity (Wildman–Crippen MR) is 82.9 cm³/mol. The van der Waals surface area contributed by atoms with E-state index in [1.54, 1.807) is 6.33 Å². The fourth-order valence-electron chi connectivity index (χ4n) is 3.14. The van der Waals surface area contributed by atoms with Crippen molar-refractivity contribution in [3.8, 4) is 0 Å². The first-order valence-electron chi connectivity index (χ1n) is 7.49. The Hall–Kier alpha value is -1.24. The van der Waals surface area contributed by atoms with E-state index in [0.717, 1.165) is 17.1 Å². The van der Waals surface area contributed by atoms with Crippen molar-refractivity contribution in [3.63, 3.8) is 0 Å². The number of hydrogen-bond acceptors (Lipinski definition) is 6. The van der Waals surface area contributed by atoms with E-state index >= 15 is 0 Å². The average Bonchev–Trinajstić information content (AvgIpc) is 2.86. The zero-order valence-corrected chi connectivity index (χ0v) is 12.7. The summed E-state index contributed by atoms with van der Waals surface area (Å²) in [5.74, 6) is 0.916. The number of ether oxygens (including phenoxy) is 1. The molecule has 0 radical (unpaired) electrons. The van der Waals surface area contributed by atoms with Gasteiger partial charge >= 0.3 is 0 Å². The van der Waals surface area contributed by atoms with Gasteiger partial charge in [0.1, 0.15) is 17.0 Å². The molecular formula is C15H19N3O2S. The number of anilines is 1. The van der Waals surface area contributed by atoms with Gasteiger partial charge in [-0.3, -0.25) is 0 Å². The van der Waals surface area contributed by atoms with Crippen LogP contribution in [-0.2, 0) is 17.6 Å². The SMILES string of the molecule is OCC1(CNc2ncnc3sc4c(c23)CCCC4)COC1. The lowest BCUT2D eigenvalue weighted by atomic mass is 9.87. The van der Waals surface area contributed by atoms with Crippen molar-refractivity contribution in [1.29, 1.82) is 0 Å². The van der Waals surface area contributed by atoms with Gasteiger partial charge in [0.15, 0.2) is 0 Å². The van der Waals surface area contributed by atoms with Crippen LogP contribution in [0.15, 0.2) is 6.33 Å². The molecule has 0 saturated carbocycles. The van der Waals surface area contributed by atoms with E-state index in [1.807, 2.05) is 11.3 Å². The molecule has 0 bridgehead atoms. The lowest BCUT2D eigenvalue weighted by Gasteiger charge is -2.40. The van der Waals surface area contributed by atoms with Crippen molar-refractivity contribution >= 4 is 27.4 Å². The molecule has 6 heteroatoms. The Morgan fingerprint density at radius 3 is 2.90 bits per heavy atom. The van der Waals surface area contributed by atoms with Gasteiger partial charge in [-0.1, -0.05) is 0 Å². The fourth-order valence-corrected chi connectivity index (χ4v) is 4.36. The van der Waals surface area contributed by atoms with Gasteiger partial charge in [0.25, 0.3) is 0 Å². The topological polar surface area (TPSA) is 67.3 Å². The molecular weight excluding hydrogens is 286 g/mol. The fraction of sp³-hybridized carbons (Fsp3) is 0.600. The second-order valence-electron chi connectivity index (χ2n) is 6.12. The number of nitrogens with one attached hydrogen (secondary N) is 1. The molecule has 0 aromatic carbocycles. The maximum atomic E-state index is 9.53. The molecule has 0 unspecified atom stereocenters. The van der Waals surface area contributed by atoms with Crippen molar-refractivity contribution in [2.75, 3.05) is 31.7 Å². The molecule has 5 nitrogen and oxygen atoms in total. The van der Waals surface area contributed by atoms with Crippen LogP contribution in [0.2, 0.25) is 0 Å². The molecule has 1 saturated heterocycles. The summed E-state index contributed by atoms with van der Waals surface area (Å²) < 4.78 is 5.25. The Morgan fingerprint density at radius 1 is 1.29 bits per heavy atom. The van der Waals surface area contributed by atoms with Crippen LogP contribution in [0.4, 0.5) is 5.82 Å². The maximum absolute atomic E-state index is 9.53. The van der Waals surface area contributed by atoms with Gasteiger partial charge in [-0.25, -0.2) is 9.97 Å². The third kappa shape index (κ3) is 2.22. The van der Waals surface area contributed by atoms with E-state index in [-0.39, 0.29) is 12.0 Å². The Kier molecular flexibility index (Phi) is 3.32. The van der Waals surface area contributed by atoms with Crippen molar-refractivity contribution < 1.29 is 9.84 Å². The third-order valence-corrected chi connectivity index (χ3v) is 5.73. The van der Waals surface area contributed by atoms with Crippen LogP contribution < -0.4 is 5.32 Å². The molecule has 4 rings (SSSR count). The Labute approximate surface area is 127 Å². The van der Waals surface area contributed by atoms with E-state index in [4.69, 9.17) is 4.74 Å². The van der Waals surface area contributed by atoms with Crippen molar-refractivity contribution in [2.24, 2.45) is 5.41 Å². The summed E-state index contributed by atoms with van der Waals surface area (Å²) in [4.78, 5) is 11.4. The van der Waals surface area contributed by atoms with Gasteiger partial charge in [-0.2, -0.15) is 0 Å². The molecule has 21 heavy (non-hydrogen) atoms. The van der Waals surface area contributed by atoms with Gasteiger partial charge < -0.3 is 15.2 Å². The number of aromatic nitrogens is 2. The van der Waals surface area contributed by atoms with E-state index in [1.165, 1.54) is 35.1 Å². The molecule has 0 amide bonds. The van der Waals surface area contributed by atoms with Crippen molar-refractivity contribution in [2.45, 2.75) is 25.7 Å². The predicted octanol–water partition coefficient (Wildman–Crippen LogP) is 1.99. The van der Waals surface area contributed by atoms with Crippen LogP contribution in [0, 0.1) is 5.41 Å². The first-order chi connectivity index (χ1) is 10.3. The molecule has 0 atom stereocenters. The zero-order valence-electron chi connectivity index (χ0n) is 11.9. The molecule has 2 N–H and O–H groups in total. The summed E-state index contributed by atoms with van der Waals surface area (Å²) >= 11 is 1.81. The number of rotatable bonds is 4. The second kappa shape index (κ2) is 5.19. The molecule has 2 aliphatic rings. The summed E-state index contributed by atoms with van der Waals surface area (Å²) in [7, 11) is 0. The number of hydrogen-bond donors (Lipinski definition) is 2. The minimum atomic E-state index is -0.145. The number of aryl methyl sites for hydroxylation is 2. The standard InChI is InChI=1S/C15H19N3O2S/c19-6-15(7-20-8-15)5-16-13-12-10-3-1-2-4-11(10)21-14(12)18-9-17-13/h9,19H,1-8H2,(H,16,17,18). The number of fused-ring (bicyclic) bond motifs is 3. The second-order valence-corrected chi connectivity index (χ2v) is 7.20. The van der Waals surface area contributed by atoms with Gasteiger partial charge in [0.2, 0.25) is 0 Å². The molecule has 1 aliphatic carbocycles. The maximum Gasteiger partial charge on any atom is 0.138 e. The number of nitrogens with zero attached hydrogens (tertiary/aromatic N) is 2. The molecule has 112 valence electrons. The highest BCUT2D eigenvalue weighted by molar-refractivity contribution is 7.19. The quantitative estimate of drug-likeness (QED) is 0.904. The minimum absolute atomic E-state index is 0.145. The average molecular weight is 305 g/mol.